The van der Waals surface area contributed by atoms with Gasteiger partial charge >= 0.3 is 0 Å². The molecule has 0 spiro atoms. The maximum absolute atomic E-state index is 12.9. The fraction of sp³-hybridized carbons (Fsp3) is 0.190. The van der Waals surface area contributed by atoms with Crippen LogP contribution in [0.3, 0.4) is 0 Å². The van der Waals surface area contributed by atoms with Crippen molar-refractivity contribution < 1.29 is 13.5 Å². The monoisotopic (exact) mass is 450 g/mol. The smallest absolute Gasteiger partial charge is 0.182 e. The highest BCUT2D eigenvalue weighted by molar-refractivity contribution is 7.90. The molecule has 1 atom stereocenters. The number of rotatable bonds is 7. The lowest BCUT2D eigenvalue weighted by molar-refractivity contribution is 0.251. The average Bonchev–Trinajstić information content (AvgIpc) is 2.69. The maximum Gasteiger partial charge on any atom is 0.182 e. The summed E-state index contributed by atoms with van der Waals surface area (Å²) in [5.41, 5.74) is 2.73. The summed E-state index contributed by atoms with van der Waals surface area (Å²) < 4.78 is 25.7. The van der Waals surface area contributed by atoms with E-state index in [-0.39, 0.29) is 23.3 Å². The Morgan fingerprint density at radius 2 is 1.83 bits per heavy atom. The lowest BCUT2D eigenvalue weighted by Gasteiger charge is -2.14. The predicted molar refractivity (Wildman–Crippen MR) is 116 cm³/mol. The summed E-state index contributed by atoms with van der Waals surface area (Å²) in [5, 5.41) is 13.3. The molecule has 0 saturated carbocycles. The molecule has 3 aromatic rings. The summed E-state index contributed by atoms with van der Waals surface area (Å²) in [6.45, 7) is -0.0739. The first-order valence-corrected chi connectivity index (χ1v) is 11.3. The normalized spacial score (nSPS) is 12.7. The number of aromatic nitrogens is 1. The second-order valence-electron chi connectivity index (χ2n) is 6.54. The SMILES string of the molecule is CNC(CO)c1cccc(CS(=O)(=O)c2ccc(-c3ncc(Cl)cc3Cl)cc2)c1. The third-order valence-corrected chi connectivity index (χ3v) is 6.73. The van der Waals surface area contributed by atoms with E-state index in [2.05, 4.69) is 10.3 Å². The van der Waals surface area contributed by atoms with E-state index in [1.165, 1.54) is 6.20 Å². The highest BCUT2D eigenvalue weighted by atomic mass is 35.5. The van der Waals surface area contributed by atoms with Crippen molar-refractivity contribution in [1.82, 2.24) is 10.3 Å². The molecule has 3 rings (SSSR count). The molecule has 0 aliphatic rings. The van der Waals surface area contributed by atoms with Crippen molar-refractivity contribution in [1.29, 1.82) is 0 Å². The molecular formula is C21H20Cl2N2O3S. The standard InChI is InChI=1S/C21H20Cl2N2O3S/c1-24-20(12-26)16-4-2-3-14(9-16)13-29(27,28)18-7-5-15(6-8-18)21-19(23)10-17(22)11-25-21/h2-11,20,24,26H,12-13H2,1H3. The first kappa shape index (κ1) is 21.7. The molecule has 5 nitrogen and oxygen atoms in total. The number of halogens is 2. The Balaban J connectivity index is 1.84. The van der Waals surface area contributed by atoms with Crippen LogP contribution in [0.2, 0.25) is 10.0 Å². The molecule has 0 aliphatic carbocycles. The third-order valence-electron chi connectivity index (χ3n) is 4.54. The van der Waals surface area contributed by atoms with Crippen LogP contribution in [0.5, 0.6) is 0 Å². The van der Waals surface area contributed by atoms with Crippen molar-refractivity contribution >= 4 is 33.0 Å². The van der Waals surface area contributed by atoms with Crippen molar-refractivity contribution in [3.05, 3.63) is 82.0 Å². The number of hydrogen-bond donors (Lipinski definition) is 2. The number of aliphatic hydroxyl groups excluding tert-OH is 1. The number of benzene rings is 2. The molecular weight excluding hydrogens is 431 g/mol. The second kappa shape index (κ2) is 9.24. The number of sulfone groups is 1. The van der Waals surface area contributed by atoms with Gasteiger partial charge in [-0.05, 0) is 36.4 Å². The summed E-state index contributed by atoms with van der Waals surface area (Å²) in [5.74, 6) is -0.137. The van der Waals surface area contributed by atoms with Crippen LogP contribution >= 0.6 is 23.2 Å². The van der Waals surface area contributed by atoms with Gasteiger partial charge in [0.25, 0.3) is 0 Å². The lowest BCUT2D eigenvalue weighted by atomic mass is 10.1. The Kier molecular flexibility index (Phi) is 6.93. The van der Waals surface area contributed by atoms with Crippen LogP contribution in [-0.2, 0) is 15.6 Å². The van der Waals surface area contributed by atoms with Crippen LogP contribution < -0.4 is 5.32 Å². The molecule has 29 heavy (non-hydrogen) atoms. The van der Waals surface area contributed by atoms with E-state index < -0.39 is 9.84 Å². The Hall–Kier alpha value is -1.96. The molecule has 0 aliphatic heterocycles. The van der Waals surface area contributed by atoms with Crippen LogP contribution in [0.25, 0.3) is 11.3 Å². The highest BCUT2D eigenvalue weighted by Gasteiger charge is 2.17. The molecule has 2 aromatic carbocycles. The number of nitrogens with zero attached hydrogens (tertiary/aromatic N) is 1. The van der Waals surface area contributed by atoms with Gasteiger partial charge in [-0.3, -0.25) is 4.98 Å². The van der Waals surface area contributed by atoms with E-state index in [4.69, 9.17) is 23.2 Å². The van der Waals surface area contributed by atoms with Gasteiger partial charge in [0.1, 0.15) is 0 Å². The first-order chi connectivity index (χ1) is 13.8. The van der Waals surface area contributed by atoms with Crippen molar-refractivity contribution in [2.75, 3.05) is 13.7 Å². The topological polar surface area (TPSA) is 79.3 Å². The van der Waals surface area contributed by atoms with Crippen LogP contribution in [-0.4, -0.2) is 32.2 Å². The number of pyridine rings is 1. The molecule has 1 unspecified atom stereocenters. The Labute approximate surface area is 180 Å². The third kappa shape index (κ3) is 5.15. The van der Waals surface area contributed by atoms with Gasteiger partial charge in [0.05, 0.1) is 39.0 Å². The molecule has 0 bridgehead atoms. The van der Waals surface area contributed by atoms with Crippen LogP contribution in [0.15, 0.2) is 65.7 Å². The predicted octanol–water partition coefficient (Wildman–Crippen LogP) is 4.28. The molecule has 8 heteroatoms. The van der Waals surface area contributed by atoms with Gasteiger partial charge in [0.15, 0.2) is 9.84 Å². The van der Waals surface area contributed by atoms with Gasteiger partial charge < -0.3 is 10.4 Å². The minimum atomic E-state index is -3.54. The number of hydrogen-bond acceptors (Lipinski definition) is 5. The van der Waals surface area contributed by atoms with Crippen molar-refractivity contribution in [2.45, 2.75) is 16.7 Å². The fourth-order valence-corrected chi connectivity index (χ4v) is 4.84. The van der Waals surface area contributed by atoms with Crippen molar-refractivity contribution in [3.63, 3.8) is 0 Å². The molecule has 0 fully saturated rings. The number of likely N-dealkylation sites (N-methyl/N-ethyl adjacent to an activating group) is 1. The highest BCUT2D eigenvalue weighted by Crippen LogP contribution is 2.29. The Morgan fingerprint density at radius 1 is 1.10 bits per heavy atom. The average molecular weight is 451 g/mol. The van der Waals surface area contributed by atoms with Crippen molar-refractivity contribution in [3.8, 4) is 11.3 Å². The van der Waals surface area contributed by atoms with E-state index in [1.54, 1.807) is 55.6 Å². The van der Waals surface area contributed by atoms with E-state index >= 15 is 0 Å². The summed E-state index contributed by atoms with van der Waals surface area (Å²) in [7, 11) is -1.80. The van der Waals surface area contributed by atoms with Crippen molar-refractivity contribution in [2.24, 2.45) is 0 Å². The molecule has 1 heterocycles. The summed E-state index contributed by atoms with van der Waals surface area (Å²) in [4.78, 5) is 4.42. The van der Waals surface area contributed by atoms with E-state index in [1.807, 2.05) is 6.07 Å². The van der Waals surface area contributed by atoms with E-state index in [0.29, 0.717) is 26.9 Å². The van der Waals surface area contributed by atoms with Crippen LogP contribution in [0.4, 0.5) is 0 Å². The molecule has 2 N–H and O–H groups in total. The Morgan fingerprint density at radius 3 is 2.45 bits per heavy atom. The lowest BCUT2D eigenvalue weighted by Crippen LogP contribution is -2.20. The zero-order chi connectivity index (χ0) is 21.0. The zero-order valence-corrected chi connectivity index (χ0v) is 18.0. The fourth-order valence-electron chi connectivity index (χ4n) is 3.01. The van der Waals surface area contributed by atoms with Crippen LogP contribution in [0.1, 0.15) is 17.2 Å². The largest absolute Gasteiger partial charge is 0.394 e. The van der Waals surface area contributed by atoms with Gasteiger partial charge in [0.2, 0.25) is 0 Å². The van der Waals surface area contributed by atoms with E-state index in [0.717, 1.165) is 5.56 Å². The quantitative estimate of drug-likeness (QED) is 0.561. The minimum Gasteiger partial charge on any atom is -0.394 e. The Bertz CT molecular complexity index is 1100. The summed E-state index contributed by atoms with van der Waals surface area (Å²) in [6.07, 6.45) is 1.49. The molecule has 0 amide bonds. The minimum absolute atomic E-state index is 0.0739. The maximum atomic E-state index is 12.9. The van der Waals surface area contributed by atoms with E-state index in [9.17, 15) is 13.5 Å². The molecule has 0 radical (unpaired) electrons. The molecule has 0 saturated heterocycles. The van der Waals surface area contributed by atoms with Gasteiger partial charge in [-0.1, -0.05) is 59.6 Å². The first-order valence-electron chi connectivity index (χ1n) is 8.85. The molecule has 1 aromatic heterocycles. The van der Waals surface area contributed by atoms with Gasteiger partial charge in [0, 0.05) is 11.8 Å². The zero-order valence-electron chi connectivity index (χ0n) is 15.6. The summed E-state index contributed by atoms with van der Waals surface area (Å²) >= 11 is 12.0. The van der Waals surface area contributed by atoms with Gasteiger partial charge in [-0.25, -0.2) is 8.42 Å². The van der Waals surface area contributed by atoms with Crippen LogP contribution in [0, 0.1) is 0 Å². The second-order valence-corrected chi connectivity index (χ2v) is 9.37. The summed E-state index contributed by atoms with van der Waals surface area (Å²) in [6, 6.07) is 15.0. The number of aliphatic hydroxyl groups is 1. The van der Waals surface area contributed by atoms with Gasteiger partial charge in [-0.2, -0.15) is 0 Å². The number of nitrogens with one attached hydrogen (secondary N) is 1. The van der Waals surface area contributed by atoms with Gasteiger partial charge in [-0.15, -0.1) is 0 Å². The molecule has 152 valence electrons.